The Morgan fingerprint density at radius 2 is 1.94 bits per heavy atom. The Bertz CT molecular complexity index is 420. The molecular weight excluding hydrogens is 228 g/mol. The molecule has 4 nitrogen and oxygen atoms in total. The molecular formula is C14H18N2O2. The maximum atomic E-state index is 12.0. The first-order chi connectivity index (χ1) is 8.69. The van der Waals surface area contributed by atoms with E-state index < -0.39 is 0 Å². The van der Waals surface area contributed by atoms with Crippen molar-refractivity contribution in [1.82, 2.24) is 4.90 Å². The number of carbonyl (C=O) groups is 1. The summed E-state index contributed by atoms with van der Waals surface area (Å²) >= 11 is 0. The summed E-state index contributed by atoms with van der Waals surface area (Å²) in [5, 5.41) is 17.3. The van der Waals surface area contributed by atoms with Crippen LogP contribution in [-0.4, -0.2) is 36.1 Å². The topological polar surface area (TPSA) is 64.3 Å². The maximum absolute atomic E-state index is 12.0. The highest BCUT2D eigenvalue weighted by molar-refractivity contribution is 5.94. The average Bonchev–Trinajstić information content (AvgIpc) is 2.42. The summed E-state index contributed by atoms with van der Waals surface area (Å²) < 4.78 is 0. The van der Waals surface area contributed by atoms with Crippen molar-refractivity contribution >= 4 is 5.91 Å². The minimum Gasteiger partial charge on any atom is -0.396 e. The molecule has 4 heteroatoms. The molecule has 0 saturated heterocycles. The zero-order valence-electron chi connectivity index (χ0n) is 10.6. The van der Waals surface area contributed by atoms with Crippen LogP contribution in [0.5, 0.6) is 0 Å². The zero-order valence-corrected chi connectivity index (χ0v) is 10.6. The van der Waals surface area contributed by atoms with Crippen LogP contribution in [0.2, 0.25) is 0 Å². The van der Waals surface area contributed by atoms with Gasteiger partial charge in [-0.1, -0.05) is 0 Å². The summed E-state index contributed by atoms with van der Waals surface area (Å²) in [5.74, 6) is -0.0384. The molecule has 1 N–H and O–H groups in total. The second-order valence-electron chi connectivity index (χ2n) is 4.20. The van der Waals surface area contributed by atoms with Crippen LogP contribution in [0.3, 0.4) is 0 Å². The van der Waals surface area contributed by atoms with E-state index in [9.17, 15) is 4.79 Å². The molecule has 0 fully saturated rings. The van der Waals surface area contributed by atoms with Crippen LogP contribution in [0.15, 0.2) is 24.3 Å². The van der Waals surface area contributed by atoms with E-state index in [1.807, 2.05) is 6.07 Å². The number of carbonyl (C=O) groups excluding carboxylic acids is 1. The number of aliphatic hydroxyl groups excluding tert-OH is 1. The van der Waals surface area contributed by atoms with Gasteiger partial charge in [-0.2, -0.15) is 5.26 Å². The fraction of sp³-hybridized carbons (Fsp3) is 0.429. The van der Waals surface area contributed by atoms with Gasteiger partial charge in [0, 0.05) is 25.8 Å². The largest absolute Gasteiger partial charge is 0.396 e. The summed E-state index contributed by atoms with van der Waals surface area (Å²) in [6.45, 7) is 0.881. The van der Waals surface area contributed by atoms with E-state index in [-0.39, 0.29) is 12.5 Å². The van der Waals surface area contributed by atoms with E-state index in [0.29, 0.717) is 17.7 Å². The number of unbranched alkanes of at least 4 members (excludes halogenated alkanes) is 2. The Balaban J connectivity index is 2.49. The van der Waals surface area contributed by atoms with Crippen LogP contribution in [0.4, 0.5) is 0 Å². The normalized spacial score (nSPS) is 9.83. The van der Waals surface area contributed by atoms with Crippen molar-refractivity contribution in [2.45, 2.75) is 19.3 Å². The van der Waals surface area contributed by atoms with Gasteiger partial charge in [-0.25, -0.2) is 0 Å². The third kappa shape index (κ3) is 4.19. The second kappa shape index (κ2) is 7.46. The molecule has 0 bridgehead atoms. The summed E-state index contributed by atoms with van der Waals surface area (Å²) in [6, 6.07) is 8.66. The van der Waals surface area contributed by atoms with E-state index in [4.69, 9.17) is 10.4 Å². The molecule has 0 aliphatic carbocycles. The van der Waals surface area contributed by atoms with Crippen LogP contribution >= 0.6 is 0 Å². The van der Waals surface area contributed by atoms with Crippen molar-refractivity contribution in [2.24, 2.45) is 0 Å². The highest BCUT2D eigenvalue weighted by Crippen LogP contribution is 2.07. The van der Waals surface area contributed by atoms with Gasteiger partial charge in [0.15, 0.2) is 0 Å². The minimum atomic E-state index is -0.0384. The van der Waals surface area contributed by atoms with Gasteiger partial charge in [-0.15, -0.1) is 0 Å². The van der Waals surface area contributed by atoms with Crippen molar-refractivity contribution in [2.75, 3.05) is 20.2 Å². The smallest absolute Gasteiger partial charge is 0.253 e. The van der Waals surface area contributed by atoms with Crippen molar-refractivity contribution < 1.29 is 9.90 Å². The SMILES string of the molecule is CN(CCCCCO)C(=O)c1ccc(C#N)cc1. The molecule has 1 amide bonds. The van der Waals surface area contributed by atoms with Gasteiger partial charge in [-0.05, 0) is 43.5 Å². The van der Waals surface area contributed by atoms with Crippen molar-refractivity contribution in [1.29, 1.82) is 5.26 Å². The van der Waals surface area contributed by atoms with Gasteiger partial charge < -0.3 is 10.0 Å². The number of nitriles is 1. The predicted molar refractivity (Wildman–Crippen MR) is 69.1 cm³/mol. The number of hydrogen-bond acceptors (Lipinski definition) is 3. The second-order valence-corrected chi connectivity index (χ2v) is 4.20. The Labute approximate surface area is 107 Å². The Hall–Kier alpha value is -1.86. The quantitative estimate of drug-likeness (QED) is 0.778. The third-order valence-corrected chi connectivity index (χ3v) is 2.76. The number of aliphatic hydroxyl groups is 1. The first-order valence-corrected chi connectivity index (χ1v) is 6.05. The predicted octanol–water partition coefficient (Wildman–Crippen LogP) is 1.79. The average molecular weight is 246 g/mol. The van der Waals surface area contributed by atoms with E-state index in [1.165, 1.54) is 0 Å². The lowest BCUT2D eigenvalue weighted by molar-refractivity contribution is 0.0792. The molecule has 0 aromatic heterocycles. The monoisotopic (exact) mass is 246 g/mol. The molecule has 0 aliphatic heterocycles. The van der Waals surface area contributed by atoms with Crippen molar-refractivity contribution in [3.63, 3.8) is 0 Å². The molecule has 1 aromatic carbocycles. The lowest BCUT2D eigenvalue weighted by Crippen LogP contribution is -2.27. The van der Waals surface area contributed by atoms with Gasteiger partial charge in [0.25, 0.3) is 5.91 Å². The molecule has 0 aliphatic rings. The van der Waals surface area contributed by atoms with Crippen molar-refractivity contribution in [3.05, 3.63) is 35.4 Å². The van der Waals surface area contributed by atoms with Crippen molar-refractivity contribution in [3.8, 4) is 6.07 Å². The standard InChI is InChI=1S/C14H18N2O2/c1-16(9-3-2-4-10-17)14(18)13-7-5-12(11-15)6-8-13/h5-8,17H,2-4,9-10H2,1H3. The molecule has 1 aromatic rings. The molecule has 0 unspecified atom stereocenters. The molecule has 0 spiro atoms. The first kappa shape index (κ1) is 14.2. The highest BCUT2D eigenvalue weighted by Gasteiger charge is 2.10. The summed E-state index contributed by atoms with van der Waals surface area (Å²) in [5.41, 5.74) is 1.15. The number of rotatable bonds is 6. The maximum Gasteiger partial charge on any atom is 0.253 e. The van der Waals surface area contributed by atoms with E-state index in [2.05, 4.69) is 0 Å². The lowest BCUT2D eigenvalue weighted by atomic mass is 10.1. The van der Waals surface area contributed by atoms with Gasteiger partial charge >= 0.3 is 0 Å². The molecule has 0 saturated carbocycles. The first-order valence-electron chi connectivity index (χ1n) is 6.05. The van der Waals surface area contributed by atoms with Gasteiger partial charge in [0.1, 0.15) is 0 Å². The van der Waals surface area contributed by atoms with Crippen LogP contribution in [-0.2, 0) is 0 Å². The Morgan fingerprint density at radius 3 is 2.50 bits per heavy atom. The summed E-state index contributed by atoms with van der Waals surface area (Å²) in [4.78, 5) is 13.7. The van der Waals surface area contributed by atoms with E-state index >= 15 is 0 Å². The molecule has 1 rings (SSSR count). The number of hydrogen-bond donors (Lipinski definition) is 1. The van der Waals surface area contributed by atoms with E-state index in [0.717, 1.165) is 19.3 Å². The molecule has 0 heterocycles. The Kier molecular flexibility index (Phi) is 5.89. The van der Waals surface area contributed by atoms with Crippen LogP contribution in [0.1, 0.15) is 35.2 Å². The number of amides is 1. The lowest BCUT2D eigenvalue weighted by Gasteiger charge is -2.17. The zero-order chi connectivity index (χ0) is 13.4. The fourth-order valence-electron chi connectivity index (χ4n) is 1.65. The molecule has 0 radical (unpaired) electrons. The summed E-state index contributed by atoms with van der Waals surface area (Å²) in [7, 11) is 1.76. The highest BCUT2D eigenvalue weighted by atomic mass is 16.2. The molecule has 96 valence electrons. The molecule has 18 heavy (non-hydrogen) atoms. The number of benzene rings is 1. The van der Waals surface area contributed by atoms with Crippen LogP contribution in [0, 0.1) is 11.3 Å². The number of nitrogens with zero attached hydrogens (tertiary/aromatic N) is 2. The van der Waals surface area contributed by atoms with Crippen LogP contribution < -0.4 is 0 Å². The van der Waals surface area contributed by atoms with E-state index in [1.54, 1.807) is 36.2 Å². The van der Waals surface area contributed by atoms with Crippen LogP contribution in [0.25, 0.3) is 0 Å². The minimum absolute atomic E-state index is 0.0384. The third-order valence-electron chi connectivity index (χ3n) is 2.76. The summed E-state index contributed by atoms with van der Waals surface area (Å²) in [6.07, 6.45) is 2.58. The van der Waals surface area contributed by atoms with Gasteiger partial charge in [0.2, 0.25) is 0 Å². The van der Waals surface area contributed by atoms with Gasteiger partial charge in [0.05, 0.1) is 11.6 Å². The fourth-order valence-corrected chi connectivity index (χ4v) is 1.65. The van der Waals surface area contributed by atoms with Gasteiger partial charge in [-0.3, -0.25) is 4.79 Å². The molecule has 0 atom stereocenters. The Morgan fingerprint density at radius 1 is 1.28 bits per heavy atom.